The van der Waals surface area contributed by atoms with E-state index in [0.717, 1.165) is 40.9 Å². The highest BCUT2D eigenvalue weighted by molar-refractivity contribution is 7.15. The summed E-state index contributed by atoms with van der Waals surface area (Å²) < 4.78 is 1.88. The fourth-order valence-electron chi connectivity index (χ4n) is 4.25. The Bertz CT molecular complexity index is 1200. The second-order valence-corrected chi connectivity index (χ2v) is 8.71. The first-order valence-corrected chi connectivity index (χ1v) is 11.1. The van der Waals surface area contributed by atoms with Crippen molar-refractivity contribution in [3.8, 4) is 0 Å². The third-order valence-electron chi connectivity index (χ3n) is 5.77. The Labute approximate surface area is 177 Å². The molecule has 1 aromatic carbocycles. The largest absolute Gasteiger partial charge is 0.351 e. The molecule has 8 heteroatoms. The molecule has 1 aliphatic heterocycles. The van der Waals surface area contributed by atoms with Crippen LogP contribution in [-0.2, 0) is 0 Å². The second kappa shape index (κ2) is 7.60. The minimum absolute atomic E-state index is 0.0186. The summed E-state index contributed by atoms with van der Waals surface area (Å²) in [5.74, 6) is 0.147. The van der Waals surface area contributed by atoms with Gasteiger partial charge in [-0.1, -0.05) is 18.2 Å². The van der Waals surface area contributed by atoms with Crippen molar-refractivity contribution < 1.29 is 9.59 Å². The number of aromatic nitrogens is 3. The van der Waals surface area contributed by atoms with Gasteiger partial charge in [0.2, 0.25) is 0 Å². The highest BCUT2D eigenvalue weighted by Crippen LogP contribution is 2.22. The number of hydrogen-bond acceptors (Lipinski definition) is 4. The summed E-state index contributed by atoms with van der Waals surface area (Å²) >= 11 is 1.53. The van der Waals surface area contributed by atoms with Crippen molar-refractivity contribution >= 4 is 39.0 Å². The second-order valence-electron chi connectivity index (χ2n) is 7.84. The number of rotatable bonds is 4. The van der Waals surface area contributed by atoms with E-state index in [1.807, 2.05) is 58.1 Å². The molecule has 0 radical (unpaired) electrons. The van der Waals surface area contributed by atoms with Gasteiger partial charge in [-0.3, -0.25) is 14.0 Å². The van der Waals surface area contributed by atoms with Crippen molar-refractivity contribution in [2.24, 2.45) is 5.92 Å². The Morgan fingerprint density at radius 2 is 2.20 bits per heavy atom. The standard InChI is InChI=1S/C22H23N5O2S/c1-14-19(27-9-10-30-22(27)24-14)21(29)26-8-4-5-15(13-26)12-23-20(28)18-11-16-6-2-3-7-17(16)25-18/h2-3,6-7,9-11,15,25H,4-5,8,12-13H2,1H3,(H,23,28). The maximum Gasteiger partial charge on any atom is 0.272 e. The maximum atomic E-state index is 13.2. The number of carbonyl (C=O) groups excluding carboxylic acids is 2. The zero-order valence-electron chi connectivity index (χ0n) is 16.7. The van der Waals surface area contributed by atoms with E-state index < -0.39 is 0 Å². The Balaban J connectivity index is 1.24. The number of aryl methyl sites for hydroxylation is 1. The number of carbonyl (C=O) groups is 2. The molecule has 1 unspecified atom stereocenters. The average Bonchev–Trinajstić information content (AvgIpc) is 3.45. The smallest absolute Gasteiger partial charge is 0.272 e. The van der Waals surface area contributed by atoms with Crippen LogP contribution >= 0.6 is 11.3 Å². The van der Waals surface area contributed by atoms with Crippen molar-refractivity contribution in [2.75, 3.05) is 19.6 Å². The van der Waals surface area contributed by atoms with Gasteiger partial charge in [-0.25, -0.2) is 4.98 Å². The summed E-state index contributed by atoms with van der Waals surface area (Å²) in [7, 11) is 0. The van der Waals surface area contributed by atoms with Crippen LogP contribution in [0.15, 0.2) is 41.9 Å². The first-order chi connectivity index (χ1) is 14.6. The molecule has 1 atom stereocenters. The van der Waals surface area contributed by atoms with Gasteiger partial charge in [0, 0.05) is 42.1 Å². The first-order valence-electron chi connectivity index (χ1n) is 10.2. The van der Waals surface area contributed by atoms with Crippen molar-refractivity contribution in [3.05, 3.63) is 59.0 Å². The molecule has 0 saturated carbocycles. The number of imidazole rings is 1. The van der Waals surface area contributed by atoms with E-state index in [-0.39, 0.29) is 17.7 Å². The topological polar surface area (TPSA) is 82.5 Å². The number of benzene rings is 1. The Morgan fingerprint density at radius 1 is 1.33 bits per heavy atom. The van der Waals surface area contributed by atoms with Crippen LogP contribution in [0.3, 0.4) is 0 Å². The molecule has 5 rings (SSSR count). The molecule has 154 valence electrons. The zero-order valence-corrected chi connectivity index (χ0v) is 17.5. The summed E-state index contributed by atoms with van der Waals surface area (Å²) in [6.07, 6.45) is 3.83. The van der Waals surface area contributed by atoms with Crippen molar-refractivity contribution in [2.45, 2.75) is 19.8 Å². The van der Waals surface area contributed by atoms with Gasteiger partial charge >= 0.3 is 0 Å². The predicted octanol–water partition coefficient (Wildman–Crippen LogP) is 3.47. The van der Waals surface area contributed by atoms with Gasteiger partial charge in [0.1, 0.15) is 11.4 Å². The minimum atomic E-state index is -0.110. The Hall–Kier alpha value is -3.13. The fourth-order valence-corrected chi connectivity index (χ4v) is 5.01. The maximum absolute atomic E-state index is 13.2. The van der Waals surface area contributed by atoms with Crippen molar-refractivity contribution in [1.82, 2.24) is 24.6 Å². The van der Waals surface area contributed by atoms with Crippen LogP contribution in [0.4, 0.5) is 0 Å². The number of H-pyrrole nitrogens is 1. The van der Waals surface area contributed by atoms with Crippen LogP contribution < -0.4 is 5.32 Å². The molecule has 1 aliphatic rings. The molecular weight excluding hydrogens is 398 g/mol. The van der Waals surface area contributed by atoms with Gasteiger partial charge < -0.3 is 15.2 Å². The van der Waals surface area contributed by atoms with Gasteiger partial charge in [0.15, 0.2) is 4.96 Å². The lowest BCUT2D eigenvalue weighted by Gasteiger charge is -2.32. The summed E-state index contributed by atoms with van der Waals surface area (Å²) in [4.78, 5) is 36.2. The monoisotopic (exact) mass is 421 g/mol. The molecule has 4 heterocycles. The molecule has 1 fully saturated rings. The lowest BCUT2D eigenvalue weighted by molar-refractivity contribution is 0.0663. The molecule has 0 spiro atoms. The van der Waals surface area contributed by atoms with E-state index in [4.69, 9.17) is 0 Å². The quantitative estimate of drug-likeness (QED) is 0.529. The number of aromatic amines is 1. The molecule has 1 saturated heterocycles. The number of amides is 2. The highest BCUT2D eigenvalue weighted by Gasteiger charge is 2.28. The normalized spacial score (nSPS) is 17.0. The van der Waals surface area contributed by atoms with Gasteiger partial charge in [-0.15, -0.1) is 11.3 Å². The van der Waals surface area contributed by atoms with E-state index >= 15 is 0 Å². The summed E-state index contributed by atoms with van der Waals surface area (Å²) in [6.45, 7) is 3.82. The lowest BCUT2D eigenvalue weighted by atomic mass is 9.97. The van der Waals surface area contributed by atoms with Crippen molar-refractivity contribution in [1.29, 1.82) is 0 Å². The molecule has 2 N–H and O–H groups in total. The number of fused-ring (bicyclic) bond motifs is 2. The summed E-state index contributed by atoms with van der Waals surface area (Å²) in [5.41, 5.74) is 2.93. The molecule has 4 aromatic rings. The number of thiazole rings is 1. The number of likely N-dealkylation sites (tertiary alicyclic amines) is 1. The summed E-state index contributed by atoms with van der Waals surface area (Å²) in [5, 5.41) is 6.00. The van der Waals surface area contributed by atoms with E-state index in [2.05, 4.69) is 15.3 Å². The van der Waals surface area contributed by atoms with Gasteiger partial charge in [-0.05, 0) is 37.8 Å². The molecule has 0 aliphatic carbocycles. The third kappa shape index (κ3) is 3.37. The number of para-hydroxylation sites is 1. The SMILES string of the molecule is Cc1nc2sccn2c1C(=O)N1CCCC(CNC(=O)c2cc3ccccc3[nH]2)C1. The van der Waals surface area contributed by atoms with Crippen LogP contribution in [0.2, 0.25) is 0 Å². The first kappa shape index (κ1) is 18.9. The highest BCUT2D eigenvalue weighted by atomic mass is 32.1. The number of nitrogens with one attached hydrogen (secondary N) is 2. The average molecular weight is 422 g/mol. The molecule has 30 heavy (non-hydrogen) atoms. The number of nitrogens with zero attached hydrogens (tertiary/aromatic N) is 3. The number of piperidine rings is 1. The molecule has 0 bridgehead atoms. The van der Waals surface area contributed by atoms with Crippen LogP contribution in [0.5, 0.6) is 0 Å². The van der Waals surface area contributed by atoms with E-state index in [1.54, 1.807) is 0 Å². The molecular formula is C22H23N5O2S. The van der Waals surface area contributed by atoms with Crippen LogP contribution in [0.25, 0.3) is 15.9 Å². The fraction of sp³-hybridized carbons (Fsp3) is 0.318. The molecule has 3 aromatic heterocycles. The van der Waals surface area contributed by atoms with Crippen LogP contribution in [0, 0.1) is 12.8 Å². The lowest BCUT2D eigenvalue weighted by Crippen LogP contribution is -2.44. The Kier molecular flexibility index (Phi) is 4.78. The van der Waals surface area contributed by atoms with E-state index in [0.29, 0.717) is 24.5 Å². The van der Waals surface area contributed by atoms with E-state index in [9.17, 15) is 9.59 Å². The summed E-state index contributed by atoms with van der Waals surface area (Å²) in [6, 6.07) is 9.71. The van der Waals surface area contributed by atoms with Gasteiger partial charge in [0.05, 0.1) is 5.69 Å². The van der Waals surface area contributed by atoms with Gasteiger partial charge in [-0.2, -0.15) is 0 Å². The van der Waals surface area contributed by atoms with E-state index in [1.165, 1.54) is 11.3 Å². The molecule has 2 amide bonds. The predicted molar refractivity (Wildman–Crippen MR) is 117 cm³/mol. The van der Waals surface area contributed by atoms with Crippen LogP contribution in [0.1, 0.15) is 39.5 Å². The Morgan fingerprint density at radius 3 is 3.07 bits per heavy atom. The van der Waals surface area contributed by atoms with Crippen molar-refractivity contribution in [3.63, 3.8) is 0 Å². The third-order valence-corrected chi connectivity index (χ3v) is 6.53. The van der Waals surface area contributed by atoms with Crippen LogP contribution in [-0.4, -0.2) is 50.7 Å². The number of hydrogen-bond donors (Lipinski definition) is 2. The molecule has 7 nitrogen and oxygen atoms in total. The van der Waals surface area contributed by atoms with Gasteiger partial charge in [0.25, 0.3) is 11.8 Å². The zero-order chi connectivity index (χ0) is 20.7. The minimum Gasteiger partial charge on any atom is -0.351 e.